The largest absolute Gasteiger partial charge is 0.358 e. The van der Waals surface area contributed by atoms with E-state index in [1.54, 1.807) is 0 Å². The molecule has 1 aromatic carbocycles. The SMILES string of the molecule is CNC1CCCCc2[nH]c3c(C)cc(Br)cc3c21. The van der Waals surface area contributed by atoms with Gasteiger partial charge in [-0.3, -0.25) is 0 Å². The molecule has 0 saturated carbocycles. The van der Waals surface area contributed by atoms with Crippen LogP contribution in [-0.2, 0) is 6.42 Å². The van der Waals surface area contributed by atoms with Crippen LogP contribution in [0.2, 0.25) is 0 Å². The van der Waals surface area contributed by atoms with Crippen LogP contribution in [0.5, 0.6) is 0 Å². The van der Waals surface area contributed by atoms with Crippen LogP contribution in [0, 0.1) is 6.92 Å². The average molecular weight is 307 g/mol. The van der Waals surface area contributed by atoms with E-state index >= 15 is 0 Å². The molecular formula is C15H19BrN2. The molecule has 1 heterocycles. The van der Waals surface area contributed by atoms with Crippen molar-refractivity contribution in [2.24, 2.45) is 0 Å². The minimum atomic E-state index is 0.491. The lowest BCUT2D eigenvalue weighted by Gasteiger charge is -2.14. The summed E-state index contributed by atoms with van der Waals surface area (Å²) in [5.41, 5.74) is 5.56. The number of benzene rings is 1. The maximum atomic E-state index is 3.66. The van der Waals surface area contributed by atoms with Gasteiger partial charge in [0.05, 0.1) is 0 Å². The van der Waals surface area contributed by atoms with Gasteiger partial charge in [0.15, 0.2) is 0 Å². The highest BCUT2D eigenvalue weighted by atomic mass is 79.9. The molecule has 0 amide bonds. The average Bonchev–Trinajstić information content (AvgIpc) is 2.57. The zero-order valence-corrected chi connectivity index (χ0v) is 12.5. The Hall–Kier alpha value is -0.800. The highest BCUT2D eigenvalue weighted by Crippen LogP contribution is 2.36. The van der Waals surface area contributed by atoms with Crippen molar-refractivity contribution in [3.8, 4) is 0 Å². The number of fused-ring (bicyclic) bond motifs is 3. The maximum absolute atomic E-state index is 3.66. The first-order valence-electron chi connectivity index (χ1n) is 6.68. The molecule has 0 spiro atoms. The lowest BCUT2D eigenvalue weighted by molar-refractivity contribution is 0.536. The normalized spacial score (nSPS) is 19.8. The van der Waals surface area contributed by atoms with E-state index < -0.39 is 0 Å². The molecule has 0 radical (unpaired) electrons. The lowest BCUT2D eigenvalue weighted by atomic mass is 10.00. The van der Waals surface area contributed by atoms with Crippen LogP contribution in [0.4, 0.5) is 0 Å². The fourth-order valence-electron chi connectivity index (χ4n) is 3.18. The summed E-state index contributed by atoms with van der Waals surface area (Å²) < 4.78 is 1.17. The van der Waals surface area contributed by atoms with Gasteiger partial charge in [0.25, 0.3) is 0 Å². The number of rotatable bonds is 1. The lowest BCUT2D eigenvalue weighted by Crippen LogP contribution is -2.15. The number of hydrogen-bond acceptors (Lipinski definition) is 1. The second-order valence-corrected chi connectivity index (χ2v) is 6.17. The third-order valence-electron chi connectivity index (χ3n) is 4.06. The third kappa shape index (κ3) is 1.90. The molecule has 0 aliphatic heterocycles. The zero-order chi connectivity index (χ0) is 12.7. The summed E-state index contributed by atoms with van der Waals surface area (Å²) in [6.45, 7) is 2.18. The van der Waals surface area contributed by atoms with Gasteiger partial charge in [-0.05, 0) is 56.5 Å². The van der Waals surface area contributed by atoms with Gasteiger partial charge in [0.2, 0.25) is 0 Å². The van der Waals surface area contributed by atoms with Crippen molar-refractivity contribution in [3.63, 3.8) is 0 Å². The van der Waals surface area contributed by atoms with Crippen molar-refractivity contribution < 1.29 is 0 Å². The molecule has 0 saturated heterocycles. The van der Waals surface area contributed by atoms with Gasteiger partial charge in [-0.25, -0.2) is 0 Å². The van der Waals surface area contributed by atoms with Gasteiger partial charge < -0.3 is 10.3 Å². The van der Waals surface area contributed by atoms with Crippen LogP contribution in [0.25, 0.3) is 10.9 Å². The summed E-state index contributed by atoms with van der Waals surface area (Å²) in [6, 6.07) is 4.94. The molecule has 3 heteroatoms. The van der Waals surface area contributed by atoms with Crippen LogP contribution in [-0.4, -0.2) is 12.0 Å². The summed E-state index contributed by atoms with van der Waals surface area (Å²) in [5.74, 6) is 0. The van der Waals surface area contributed by atoms with Crippen molar-refractivity contribution in [1.82, 2.24) is 10.3 Å². The number of aromatic amines is 1. The Morgan fingerprint density at radius 1 is 1.33 bits per heavy atom. The molecule has 1 aromatic heterocycles. The molecule has 0 bridgehead atoms. The zero-order valence-electron chi connectivity index (χ0n) is 10.9. The Morgan fingerprint density at radius 2 is 2.17 bits per heavy atom. The minimum absolute atomic E-state index is 0.491. The Balaban J connectivity index is 2.29. The molecule has 0 fully saturated rings. The number of aryl methyl sites for hydroxylation is 2. The minimum Gasteiger partial charge on any atom is -0.358 e. The predicted octanol–water partition coefficient (Wildman–Crippen LogP) is 4.23. The molecule has 2 nitrogen and oxygen atoms in total. The Labute approximate surface area is 116 Å². The molecule has 2 N–H and O–H groups in total. The van der Waals surface area contributed by atoms with Crippen LogP contribution < -0.4 is 5.32 Å². The van der Waals surface area contributed by atoms with Gasteiger partial charge in [0.1, 0.15) is 0 Å². The van der Waals surface area contributed by atoms with Crippen molar-refractivity contribution in [2.45, 2.75) is 38.6 Å². The van der Waals surface area contributed by atoms with Crippen LogP contribution >= 0.6 is 15.9 Å². The van der Waals surface area contributed by atoms with Gasteiger partial charge in [-0.2, -0.15) is 0 Å². The molecule has 1 aliphatic carbocycles. The van der Waals surface area contributed by atoms with E-state index in [2.05, 4.69) is 52.3 Å². The van der Waals surface area contributed by atoms with E-state index in [1.165, 1.54) is 57.9 Å². The standard InChI is InChI=1S/C15H19BrN2/c1-9-7-10(16)8-11-14-12(17-2)5-3-4-6-13(14)18-15(9)11/h7-8,12,17-18H,3-6H2,1-2H3. The van der Waals surface area contributed by atoms with Gasteiger partial charge >= 0.3 is 0 Å². The fourth-order valence-corrected chi connectivity index (χ4v) is 3.75. The van der Waals surface area contributed by atoms with E-state index in [0.29, 0.717) is 6.04 Å². The first-order chi connectivity index (χ1) is 8.70. The molecule has 18 heavy (non-hydrogen) atoms. The number of aromatic nitrogens is 1. The number of hydrogen-bond donors (Lipinski definition) is 2. The van der Waals surface area contributed by atoms with Crippen molar-refractivity contribution >= 4 is 26.8 Å². The second-order valence-electron chi connectivity index (χ2n) is 5.25. The van der Waals surface area contributed by atoms with Crippen LogP contribution in [0.15, 0.2) is 16.6 Å². The molecular weight excluding hydrogens is 288 g/mol. The Kier molecular flexibility index (Phi) is 3.20. The van der Waals surface area contributed by atoms with E-state index in [-0.39, 0.29) is 0 Å². The smallest absolute Gasteiger partial charge is 0.0490 e. The first kappa shape index (κ1) is 12.2. The highest BCUT2D eigenvalue weighted by Gasteiger charge is 2.22. The van der Waals surface area contributed by atoms with Gasteiger partial charge in [-0.15, -0.1) is 0 Å². The third-order valence-corrected chi connectivity index (χ3v) is 4.52. The molecule has 1 unspecified atom stereocenters. The monoisotopic (exact) mass is 306 g/mol. The quantitative estimate of drug-likeness (QED) is 0.758. The summed E-state index contributed by atoms with van der Waals surface area (Å²) in [5, 5.41) is 4.87. The first-order valence-corrected chi connectivity index (χ1v) is 7.48. The number of nitrogens with one attached hydrogen (secondary N) is 2. The summed E-state index contributed by atoms with van der Waals surface area (Å²) >= 11 is 3.62. The molecule has 2 aromatic rings. The Morgan fingerprint density at radius 3 is 2.94 bits per heavy atom. The van der Waals surface area contributed by atoms with Crippen molar-refractivity contribution in [1.29, 1.82) is 0 Å². The fraction of sp³-hybridized carbons (Fsp3) is 0.467. The number of halogens is 1. The van der Waals surface area contributed by atoms with E-state index in [0.717, 1.165) is 0 Å². The second kappa shape index (κ2) is 4.71. The molecule has 96 valence electrons. The van der Waals surface area contributed by atoms with Gasteiger partial charge in [0, 0.05) is 27.1 Å². The summed E-state index contributed by atoms with van der Waals surface area (Å²) in [7, 11) is 2.07. The van der Waals surface area contributed by atoms with Crippen LogP contribution in [0.1, 0.15) is 42.1 Å². The van der Waals surface area contributed by atoms with Crippen molar-refractivity contribution in [3.05, 3.63) is 33.4 Å². The molecule has 1 atom stereocenters. The van der Waals surface area contributed by atoms with Crippen molar-refractivity contribution in [2.75, 3.05) is 7.05 Å². The Bertz CT molecular complexity index is 586. The predicted molar refractivity (Wildman–Crippen MR) is 80.1 cm³/mol. The van der Waals surface area contributed by atoms with E-state index in [1.807, 2.05) is 0 Å². The highest BCUT2D eigenvalue weighted by molar-refractivity contribution is 9.10. The van der Waals surface area contributed by atoms with E-state index in [9.17, 15) is 0 Å². The molecule has 1 aliphatic rings. The van der Waals surface area contributed by atoms with Crippen LogP contribution in [0.3, 0.4) is 0 Å². The van der Waals surface area contributed by atoms with Gasteiger partial charge in [-0.1, -0.05) is 22.4 Å². The topological polar surface area (TPSA) is 27.8 Å². The maximum Gasteiger partial charge on any atom is 0.0490 e. The summed E-state index contributed by atoms with van der Waals surface area (Å²) in [4.78, 5) is 3.66. The molecule has 3 rings (SSSR count). The number of H-pyrrole nitrogens is 1. The summed E-state index contributed by atoms with van der Waals surface area (Å²) in [6.07, 6.45) is 5.02. The van der Waals surface area contributed by atoms with E-state index in [4.69, 9.17) is 0 Å².